The number of rotatable bonds is 9. The van der Waals surface area contributed by atoms with Gasteiger partial charge in [-0.1, -0.05) is 52.1 Å². The van der Waals surface area contributed by atoms with Gasteiger partial charge in [-0.15, -0.1) is 11.8 Å². The van der Waals surface area contributed by atoms with Gasteiger partial charge >= 0.3 is 5.97 Å². The fourth-order valence-electron chi connectivity index (χ4n) is 2.94. The van der Waals surface area contributed by atoms with Crippen molar-refractivity contribution in [2.75, 3.05) is 12.4 Å². The Morgan fingerprint density at radius 2 is 2.07 bits per heavy atom. The van der Waals surface area contributed by atoms with Crippen LogP contribution in [-0.4, -0.2) is 48.9 Å². The van der Waals surface area contributed by atoms with E-state index in [2.05, 4.69) is 47.4 Å². The second-order valence-corrected chi connectivity index (χ2v) is 15.9. The van der Waals surface area contributed by atoms with E-state index in [0.717, 1.165) is 16.4 Å². The number of carbonyl (C=O) groups excluding carboxylic acids is 2. The number of thioether (sulfide) groups is 2. The zero-order valence-corrected chi connectivity index (χ0v) is 20.7. The number of esters is 1. The van der Waals surface area contributed by atoms with E-state index in [-0.39, 0.29) is 34.9 Å². The Kier molecular flexibility index (Phi) is 7.56. The minimum absolute atomic E-state index is 0.0404. The van der Waals surface area contributed by atoms with Crippen LogP contribution in [0, 0.1) is 5.92 Å². The third kappa shape index (κ3) is 4.55. The fraction of sp³-hybridized carbons (Fsp3) is 0.700. The lowest BCUT2D eigenvalue weighted by Gasteiger charge is -2.48. The first kappa shape index (κ1) is 23.6. The topological polar surface area (TPSA) is 55.8 Å². The quantitative estimate of drug-likeness (QED) is 0.217. The molecular weight excluding hydrogens is 410 g/mol. The van der Waals surface area contributed by atoms with E-state index in [0.29, 0.717) is 5.70 Å². The van der Waals surface area contributed by atoms with E-state index in [1.807, 2.05) is 6.92 Å². The van der Waals surface area contributed by atoms with Crippen molar-refractivity contribution in [3.63, 3.8) is 0 Å². The zero-order chi connectivity index (χ0) is 21.3. The lowest BCUT2D eigenvalue weighted by atomic mass is 9.92. The molecule has 0 aliphatic carbocycles. The van der Waals surface area contributed by atoms with Crippen molar-refractivity contribution in [3.8, 4) is 0 Å². The average molecular weight is 444 g/mol. The van der Waals surface area contributed by atoms with Crippen molar-refractivity contribution >= 4 is 43.7 Å². The predicted molar refractivity (Wildman–Crippen MR) is 120 cm³/mol. The average Bonchev–Trinajstić information content (AvgIpc) is 2.90. The molecule has 0 aromatic carbocycles. The number of hydrogen-bond donors (Lipinski definition) is 0. The van der Waals surface area contributed by atoms with Gasteiger partial charge in [-0.25, -0.2) is 4.79 Å². The van der Waals surface area contributed by atoms with Gasteiger partial charge in [0.2, 0.25) is 5.91 Å². The first-order valence-electron chi connectivity index (χ1n) is 9.79. The molecule has 2 rings (SSSR count). The lowest BCUT2D eigenvalue weighted by Crippen LogP contribution is -2.62. The molecule has 0 bridgehead atoms. The molecule has 1 saturated heterocycles. The van der Waals surface area contributed by atoms with Gasteiger partial charge in [0.15, 0.2) is 14.0 Å². The number of fused-ring (bicyclic) bond motifs is 1. The third-order valence-electron chi connectivity index (χ3n) is 5.50. The first-order valence-corrected chi connectivity index (χ1v) is 14.6. The summed E-state index contributed by atoms with van der Waals surface area (Å²) in [7, 11) is -1.98. The van der Waals surface area contributed by atoms with E-state index < -0.39 is 14.3 Å². The van der Waals surface area contributed by atoms with Gasteiger partial charge < -0.3 is 9.16 Å². The number of ether oxygens (including phenoxy) is 1. The molecule has 0 aromatic heterocycles. The summed E-state index contributed by atoms with van der Waals surface area (Å²) in [6.07, 6.45) is 2.35. The second kappa shape index (κ2) is 8.98. The maximum absolute atomic E-state index is 13.0. The molecular formula is C20H33NO4S2Si. The summed E-state index contributed by atoms with van der Waals surface area (Å²) in [6, 6.07) is 0. The Hall–Kier alpha value is -0.703. The van der Waals surface area contributed by atoms with Crippen molar-refractivity contribution in [3.05, 3.63) is 22.6 Å². The minimum atomic E-state index is -1.98. The van der Waals surface area contributed by atoms with Gasteiger partial charge in [0.25, 0.3) is 0 Å². The summed E-state index contributed by atoms with van der Waals surface area (Å²) in [4.78, 5) is 27.2. The van der Waals surface area contributed by atoms with Crippen LogP contribution in [0.5, 0.6) is 0 Å². The zero-order valence-electron chi connectivity index (χ0n) is 18.0. The van der Waals surface area contributed by atoms with Crippen LogP contribution in [0.3, 0.4) is 0 Å². The van der Waals surface area contributed by atoms with Crippen molar-refractivity contribution in [1.82, 2.24) is 4.90 Å². The summed E-state index contributed by atoms with van der Waals surface area (Å²) >= 11 is 3.22. The highest BCUT2D eigenvalue weighted by Crippen LogP contribution is 2.55. The van der Waals surface area contributed by atoms with Crippen LogP contribution in [0.1, 0.15) is 41.0 Å². The molecule has 2 heterocycles. The molecule has 3 atom stereocenters. The molecule has 5 nitrogen and oxygen atoms in total. The van der Waals surface area contributed by atoms with Gasteiger partial charge in [-0.3, -0.25) is 9.69 Å². The summed E-state index contributed by atoms with van der Waals surface area (Å²) in [5, 5.41) is -0.00531. The SMILES string of the molecule is C=CCOC(=O)C1=C(SCCC)S[C@H]2[C@H]([C@@H](C)O[Si](C)(C)C(C)(C)C)C(=O)N12. The largest absolute Gasteiger partial charge is 0.457 e. The molecule has 0 aromatic rings. The van der Waals surface area contributed by atoms with Gasteiger partial charge in [-0.05, 0) is 37.2 Å². The Morgan fingerprint density at radius 3 is 2.61 bits per heavy atom. The number of β-lactam (4-membered cyclic amide) rings is 1. The smallest absolute Gasteiger partial charge is 0.357 e. The van der Waals surface area contributed by atoms with Gasteiger partial charge in [0.1, 0.15) is 12.0 Å². The molecule has 2 aliphatic rings. The highest BCUT2D eigenvalue weighted by Gasteiger charge is 2.59. The van der Waals surface area contributed by atoms with Crippen LogP contribution in [0.2, 0.25) is 18.1 Å². The van der Waals surface area contributed by atoms with Crippen LogP contribution in [0.15, 0.2) is 22.6 Å². The van der Waals surface area contributed by atoms with Crippen molar-refractivity contribution in [2.24, 2.45) is 5.92 Å². The number of carbonyl (C=O) groups is 2. The Morgan fingerprint density at radius 1 is 1.43 bits per heavy atom. The standard InChI is InChI=1S/C20H33NO4S2Si/c1-9-11-24-18(23)15-19(26-12-10-2)27-17-14(16(22)21(15)17)13(3)25-28(7,8)20(4,5)6/h9,13-14,17H,1,10-12H2,2-8H3/t13-,14-,17+/m1/s1. The number of nitrogens with zero attached hydrogens (tertiary/aromatic N) is 1. The normalized spacial score (nSPS) is 23.4. The third-order valence-corrected chi connectivity index (χ3v) is 12.9. The van der Waals surface area contributed by atoms with E-state index >= 15 is 0 Å². The predicted octanol–water partition coefficient (Wildman–Crippen LogP) is 4.97. The van der Waals surface area contributed by atoms with E-state index in [1.54, 1.807) is 28.4 Å². The monoisotopic (exact) mass is 443 g/mol. The highest BCUT2D eigenvalue weighted by atomic mass is 32.2. The van der Waals surface area contributed by atoms with Crippen molar-refractivity contribution in [1.29, 1.82) is 0 Å². The van der Waals surface area contributed by atoms with Gasteiger partial charge in [0, 0.05) is 0 Å². The molecule has 8 heteroatoms. The van der Waals surface area contributed by atoms with E-state index in [1.165, 1.54) is 6.08 Å². The van der Waals surface area contributed by atoms with E-state index in [4.69, 9.17) is 9.16 Å². The summed E-state index contributed by atoms with van der Waals surface area (Å²) < 4.78 is 12.6. The van der Waals surface area contributed by atoms with Crippen LogP contribution < -0.4 is 0 Å². The Labute approximate surface area is 178 Å². The molecule has 0 radical (unpaired) electrons. The number of hydrogen-bond acceptors (Lipinski definition) is 6. The van der Waals surface area contributed by atoms with Crippen LogP contribution in [0.4, 0.5) is 0 Å². The minimum Gasteiger partial charge on any atom is -0.457 e. The van der Waals surface area contributed by atoms with Crippen LogP contribution in [-0.2, 0) is 18.8 Å². The Bertz CT molecular complexity index is 672. The molecule has 0 N–H and O–H groups in total. The van der Waals surface area contributed by atoms with Crippen LogP contribution in [0.25, 0.3) is 0 Å². The van der Waals surface area contributed by atoms with Gasteiger partial charge in [0.05, 0.1) is 16.3 Å². The maximum atomic E-state index is 13.0. The molecule has 2 aliphatic heterocycles. The molecule has 1 amide bonds. The molecule has 0 saturated carbocycles. The summed E-state index contributed by atoms with van der Waals surface area (Å²) in [5.41, 5.74) is 0.399. The van der Waals surface area contributed by atoms with Crippen molar-refractivity contribution < 1.29 is 18.8 Å². The van der Waals surface area contributed by atoms with Crippen LogP contribution >= 0.6 is 23.5 Å². The Balaban J connectivity index is 2.18. The first-order chi connectivity index (χ1) is 13.0. The molecule has 0 spiro atoms. The molecule has 28 heavy (non-hydrogen) atoms. The summed E-state index contributed by atoms with van der Waals surface area (Å²) in [6.45, 7) is 18.8. The highest BCUT2D eigenvalue weighted by molar-refractivity contribution is 8.22. The molecule has 1 fully saturated rings. The number of amides is 1. The molecule has 158 valence electrons. The lowest BCUT2D eigenvalue weighted by molar-refractivity contribution is -0.157. The van der Waals surface area contributed by atoms with E-state index in [9.17, 15) is 9.59 Å². The fourth-order valence-corrected chi connectivity index (χ4v) is 7.21. The molecule has 0 unspecified atom stereocenters. The summed E-state index contributed by atoms with van der Waals surface area (Å²) in [5.74, 6) is 0.177. The maximum Gasteiger partial charge on any atom is 0.357 e. The van der Waals surface area contributed by atoms with Crippen molar-refractivity contribution in [2.45, 2.75) is 70.6 Å². The van der Waals surface area contributed by atoms with Gasteiger partial charge in [-0.2, -0.15) is 0 Å². The second-order valence-electron chi connectivity index (χ2n) is 8.70.